The summed E-state index contributed by atoms with van der Waals surface area (Å²) < 4.78 is 73.6. The zero-order valence-electron chi connectivity index (χ0n) is 16.1. The number of thiazole rings is 1. The summed E-state index contributed by atoms with van der Waals surface area (Å²) in [7, 11) is -4.08. The lowest BCUT2D eigenvalue weighted by molar-refractivity contribution is -0.274. The van der Waals surface area contributed by atoms with E-state index in [1.54, 1.807) is 6.92 Å². The summed E-state index contributed by atoms with van der Waals surface area (Å²) in [6, 6.07) is 7.64. The van der Waals surface area contributed by atoms with Crippen LogP contribution in [0.3, 0.4) is 0 Å². The number of anilines is 1. The summed E-state index contributed by atoms with van der Waals surface area (Å²) in [4.78, 5) is 15.9. The second-order valence-corrected chi connectivity index (χ2v) is 8.95. The Bertz CT molecular complexity index is 1210. The van der Waals surface area contributed by atoms with Gasteiger partial charge in [0.15, 0.2) is 5.13 Å². The highest BCUT2D eigenvalue weighted by Gasteiger charge is 2.31. The first-order valence-corrected chi connectivity index (χ1v) is 10.9. The molecule has 8 nitrogen and oxygen atoms in total. The summed E-state index contributed by atoms with van der Waals surface area (Å²) in [6.45, 7) is 2.74. The molecule has 0 aliphatic carbocycles. The van der Waals surface area contributed by atoms with E-state index in [1.165, 1.54) is 31.2 Å². The van der Waals surface area contributed by atoms with Crippen LogP contribution in [0, 0.1) is 6.92 Å². The van der Waals surface area contributed by atoms with Crippen LogP contribution in [0.5, 0.6) is 5.75 Å². The Kier molecular flexibility index (Phi) is 6.38. The van der Waals surface area contributed by atoms with Crippen molar-refractivity contribution in [1.29, 1.82) is 0 Å². The predicted molar refractivity (Wildman–Crippen MR) is 110 cm³/mol. The van der Waals surface area contributed by atoms with Gasteiger partial charge >= 0.3 is 6.36 Å². The number of hydrogen-bond donors (Lipinski definition) is 2. The molecule has 3 rings (SSSR count). The van der Waals surface area contributed by atoms with Crippen molar-refractivity contribution in [2.75, 3.05) is 5.32 Å². The number of aromatic nitrogens is 1. The smallest absolute Gasteiger partial charge is 0.442 e. The van der Waals surface area contributed by atoms with Gasteiger partial charge in [0, 0.05) is 16.3 Å². The third kappa shape index (κ3) is 6.06. The molecule has 0 aliphatic heterocycles. The van der Waals surface area contributed by atoms with Gasteiger partial charge in [0.05, 0.1) is 10.6 Å². The maximum Gasteiger partial charge on any atom is 0.573 e. The van der Waals surface area contributed by atoms with Crippen LogP contribution in [0.4, 0.5) is 18.3 Å². The van der Waals surface area contributed by atoms with Crippen molar-refractivity contribution in [3.05, 3.63) is 47.7 Å². The number of benzene rings is 1. The van der Waals surface area contributed by atoms with Gasteiger partial charge in [-0.05, 0) is 36.8 Å². The molecule has 3 aromatic rings. The number of alkyl halides is 3. The fourth-order valence-electron chi connectivity index (χ4n) is 2.52. The monoisotopic (exact) mass is 479 g/mol. The first kappa shape index (κ1) is 22.8. The van der Waals surface area contributed by atoms with Crippen molar-refractivity contribution in [2.24, 2.45) is 0 Å². The number of carbonyl (C=O) groups excluding carboxylic acids is 1. The lowest BCUT2D eigenvalue weighted by atomic mass is 10.2. The molecule has 0 bridgehead atoms. The molecule has 1 aromatic carbocycles. The minimum Gasteiger partial charge on any atom is -0.442 e. The van der Waals surface area contributed by atoms with Gasteiger partial charge in [-0.2, -0.15) is 0 Å². The fraction of sp³-hybridized carbons (Fsp3) is 0.222. The highest BCUT2D eigenvalue weighted by Crippen LogP contribution is 2.34. The quantitative estimate of drug-likeness (QED) is 0.515. The molecule has 0 atom stereocenters. The van der Waals surface area contributed by atoms with Crippen LogP contribution in [0.15, 0.2) is 45.9 Å². The van der Waals surface area contributed by atoms with Crippen molar-refractivity contribution in [3.63, 3.8) is 0 Å². The van der Waals surface area contributed by atoms with Gasteiger partial charge in [-0.3, -0.25) is 4.79 Å². The number of ether oxygens (including phenoxy) is 1. The first-order valence-electron chi connectivity index (χ1n) is 8.62. The van der Waals surface area contributed by atoms with Gasteiger partial charge in [-0.25, -0.2) is 18.1 Å². The Hall–Kier alpha value is -2.90. The maximum atomic E-state index is 12.5. The highest BCUT2D eigenvalue weighted by atomic mass is 32.2. The van der Waals surface area contributed by atoms with E-state index in [-0.39, 0.29) is 31.7 Å². The molecule has 0 spiro atoms. The van der Waals surface area contributed by atoms with Crippen LogP contribution < -0.4 is 14.8 Å². The molecule has 0 aliphatic rings. The van der Waals surface area contributed by atoms with E-state index in [9.17, 15) is 26.4 Å². The highest BCUT2D eigenvalue weighted by molar-refractivity contribution is 7.89. The van der Waals surface area contributed by atoms with Crippen LogP contribution in [0.2, 0.25) is 0 Å². The van der Waals surface area contributed by atoms with Crippen molar-refractivity contribution >= 4 is 32.4 Å². The van der Waals surface area contributed by atoms with E-state index in [1.807, 2.05) is 0 Å². The second-order valence-electron chi connectivity index (χ2n) is 6.25. The van der Waals surface area contributed by atoms with Crippen molar-refractivity contribution in [2.45, 2.75) is 31.8 Å². The molecule has 0 saturated heterocycles. The lowest BCUT2D eigenvalue weighted by Crippen LogP contribution is -2.23. The van der Waals surface area contributed by atoms with Crippen LogP contribution in [0.25, 0.3) is 10.6 Å². The molecule has 2 N–H and O–H groups in total. The van der Waals surface area contributed by atoms with Gasteiger partial charge in [-0.1, -0.05) is 23.5 Å². The number of carbonyl (C=O) groups is 1. The molecule has 0 radical (unpaired) electrons. The zero-order valence-corrected chi connectivity index (χ0v) is 17.7. The van der Waals surface area contributed by atoms with Crippen molar-refractivity contribution in [3.8, 4) is 16.4 Å². The number of rotatable bonds is 7. The number of nitrogens with one attached hydrogen (secondary N) is 2. The van der Waals surface area contributed by atoms with E-state index < -0.39 is 22.1 Å². The molecule has 2 aromatic heterocycles. The number of sulfonamides is 1. The number of amides is 1. The molecule has 0 saturated carbocycles. The summed E-state index contributed by atoms with van der Waals surface area (Å²) in [6.07, 6.45) is -4.85. The number of aryl methyl sites for hydroxylation is 1. The van der Waals surface area contributed by atoms with E-state index in [2.05, 4.69) is 19.8 Å². The molecule has 0 unspecified atom stereocenters. The van der Waals surface area contributed by atoms with Gasteiger partial charge < -0.3 is 14.5 Å². The van der Waals surface area contributed by atoms with Crippen LogP contribution in [-0.2, 0) is 21.4 Å². The standard InChI is InChI=1S/C18H16F3N3O5S2.2H2/c1-10-16(30-17(23-10)24-11(2)25)14-6-7-15(28-14)31(26,27)22-9-12-4-3-5-13(8-12)29-18(19,20)21;;/h3-8,22H,9H2,1-2H3,(H,23,24,25);2*1H. The maximum absolute atomic E-state index is 12.5. The minimum absolute atomic E-state index is 0. The molecule has 31 heavy (non-hydrogen) atoms. The van der Waals surface area contributed by atoms with E-state index in [0.29, 0.717) is 15.7 Å². The minimum atomic E-state index is -4.85. The number of halogens is 3. The Morgan fingerprint density at radius 3 is 2.71 bits per heavy atom. The lowest BCUT2D eigenvalue weighted by Gasteiger charge is -2.10. The fourth-order valence-corrected chi connectivity index (χ4v) is 4.44. The molecule has 2 heterocycles. The van der Waals surface area contributed by atoms with Gasteiger partial charge in [0.1, 0.15) is 11.5 Å². The second kappa shape index (κ2) is 8.69. The predicted octanol–water partition coefficient (Wildman–Crippen LogP) is 4.54. The summed E-state index contributed by atoms with van der Waals surface area (Å²) in [5, 5.41) is 2.52. The zero-order chi connectivity index (χ0) is 22.8. The Morgan fingerprint density at radius 2 is 2.03 bits per heavy atom. The van der Waals surface area contributed by atoms with E-state index >= 15 is 0 Å². The van der Waals surface area contributed by atoms with Crippen molar-refractivity contribution in [1.82, 2.24) is 9.71 Å². The third-order valence-corrected chi connectivity index (χ3v) is 6.11. The molecule has 1 amide bonds. The largest absolute Gasteiger partial charge is 0.573 e. The average molecular weight is 480 g/mol. The number of hydrogen-bond acceptors (Lipinski definition) is 7. The van der Waals surface area contributed by atoms with Crippen molar-refractivity contribution < 1.29 is 38.4 Å². The summed E-state index contributed by atoms with van der Waals surface area (Å²) >= 11 is 1.12. The van der Waals surface area contributed by atoms with Crippen LogP contribution in [0.1, 0.15) is 21.0 Å². The van der Waals surface area contributed by atoms with Gasteiger partial charge in [0.2, 0.25) is 11.0 Å². The topological polar surface area (TPSA) is 111 Å². The SMILES string of the molecule is CC(=O)Nc1nc(C)c(-c2ccc(S(=O)(=O)NCc3cccc(OC(F)(F)F)c3)o2)s1.[HH].[HH]. The van der Waals surface area contributed by atoms with E-state index in [4.69, 9.17) is 4.42 Å². The van der Waals surface area contributed by atoms with Gasteiger partial charge in [0.25, 0.3) is 10.0 Å². The summed E-state index contributed by atoms with van der Waals surface area (Å²) in [5.41, 5.74) is 0.803. The van der Waals surface area contributed by atoms with E-state index in [0.717, 1.165) is 23.5 Å². The van der Waals surface area contributed by atoms with Crippen LogP contribution >= 0.6 is 11.3 Å². The Morgan fingerprint density at radius 1 is 1.29 bits per heavy atom. The Balaban J connectivity index is 0.00000272. The number of nitrogens with zero attached hydrogens (tertiary/aromatic N) is 1. The van der Waals surface area contributed by atoms with Crippen LogP contribution in [-0.4, -0.2) is 25.7 Å². The number of furan rings is 1. The molecular formula is C18H20F3N3O5S2. The molecular weight excluding hydrogens is 459 g/mol. The third-order valence-electron chi connectivity index (χ3n) is 3.75. The Labute approximate surface area is 182 Å². The summed E-state index contributed by atoms with van der Waals surface area (Å²) in [5.74, 6) is -0.510. The molecule has 170 valence electrons. The van der Waals surface area contributed by atoms with Gasteiger partial charge in [-0.15, -0.1) is 13.2 Å². The average Bonchev–Trinajstić information content (AvgIpc) is 3.25. The molecule has 13 heteroatoms. The normalized spacial score (nSPS) is 12.0. The molecule has 0 fully saturated rings. The first-order chi connectivity index (χ1) is 14.4.